The first kappa shape index (κ1) is 20.1. The van der Waals surface area contributed by atoms with E-state index in [1.54, 1.807) is 7.11 Å². The molecule has 1 amide bonds. The molecule has 0 aromatic heterocycles. The molecule has 0 spiro atoms. The van der Waals surface area contributed by atoms with Gasteiger partial charge in [-0.25, -0.2) is 0 Å². The zero-order chi connectivity index (χ0) is 19.8. The molecule has 0 unspecified atom stereocenters. The van der Waals surface area contributed by atoms with E-state index in [9.17, 15) is 4.79 Å². The lowest BCUT2D eigenvalue weighted by Crippen LogP contribution is -2.48. The van der Waals surface area contributed by atoms with Gasteiger partial charge in [0, 0.05) is 12.5 Å². The summed E-state index contributed by atoms with van der Waals surface area (Å²) in [4.78, 5) is 14.8. The SMILES string of the molecule is COc1ccccc1NC(=S)NNC(=O)C1CCN(Cc2ccccc2)CC1. The van der Waals surface area contributed by atoms with Crippen LogP contribution in [-0.4, -0.2) is 36.1 Å². The van der Waals surface area contributed by atoms with Crippen molar-refractivity contribution in [1.29, 1.82) is 0 Å². The highest BCUT2D eigenvalue weighted by Crippen LogP contribution is 2.23. The van der Waals surface area contributed by atoms with Crippen LogP contribution < -0.4 is 20.9 Å². The van der Waals surface area contributed by atoms with E-state index in [-0.39, 0.29) is 11.8 Å². The first-order valence-corrected chi connectivity index (χ1v) is 9.82. The van der Waals surface area contributed by atoms with E-state index in [0.717, 1.165) is 38.2 Å². The average Bonchev–Trinajstić information content (AvgIpc) is 2.74. The van der Waals surface area contributed by atoms with Gasteiger partial charge in [-0.05, 0) is 55.8 Å². The van der Waals surface area contributed by atoms with Crippen molar-refractivity contribution < 1.29 is 9.53 Å². The Kier molecular flexibility index (Phi) is 7.22. The highest BCUT2D eigenvalue weighted by Gasteiger charge is 2.25. The number of carbonyl (C=O) groups excluding carboxylic acids is 1. The number of para-hydroxylation sites is 2. The van der Waals surface area contributed by atoms with Crippen LogP contribution in [-0.2, 0) is 11.3 Å². The molecular weight excluding hydrogens is 372 g/mol. The maximum atomic E-state index is 12.4. The third-order valence-corrected chi connectivity index (χ3v) is 5.07. The maximum Gasteiger partial charge on any atom is 0.241 e. The minimum atomic E-state index is -0.0245. The minimum Gasteiger partial charge on any atom is -0.495 e. The van der Waals surface area contributed by atoms with Gasteiger partial charge in [0.2, 0.25) is 5.91 Å². The molecule has 3 rings (SSSR count). The fourth-order valence-electron chi connectivity index (χ4n) is 3.32. The van der Waals surface area contributed by atoms with Crippen LogP contribution in [0.25, 0.3) is 0 Å². The Balaban J connectivity index is 1.40. The summed E-state index contributed by atoms with van der Waals surface area (Å²) in [5.74, 6) is 0.654. The van der Waals surface area contributed by atoms with Crippen LogP contribution in [0.3, 0.4) is 0 Å². The Bertz CT molecular complexity index is 792. The van der Waals surface area contributed by atoms with Crippen molar-refractivity contribution in [3.63, 3.8) is 0 Å². The Morgan fingerprint density at radius 1 is 1.07 bits per heavy atom. The number of piperidine rings is 1. The Labute approximate surface area is 171 Å². The average molecular weight is 399 g/mol. The van der Waals surface area contributed by atoms with Gasteiger partial charge < -0.3 is 10.1 Å². The highest BCUT2D eigenvalue weighted by atomic mass is 32.1. The van der Waals surface area contributed by atoms with Gasteiger partial charge in [0.25, 0.3) is 0 Å². The smallest absolute Gasteiger partial charge is 0.241 e. The third kappa shape index (κ3) is 5.68. The molecule has 1 aliphatic rings. The number of rotatable bonds is 5. The number of hydrogen-bond acceptors (Lipinski definition) is 4. The van der Waals surface area contributed by atoms with Gasteiger partial charge in [-0.15, -0.1) is 0 Å². The number of amides is 1. The fraction of sp³-hybridized carbons (Fsp3) is 0.333. The molecule has 148 valence electrons. The number of likely N-dealkylation sites (tertiary alicyclic amines) is 1. The second kappa shape index (κ2) is 10.1. The van der Waals surface area contributed by atoms with Gasteiger partial charge >= 0.3 is 0 Å². The van der Waals surface area contributed by atoms with Gasteiger partial charge in [0.1, 0.15) is 5.75 Å². The van der Waals surface area contributed by atoms with E-state index in [2.05, 4.69) is 45.3 Å². The molecule has 2 aromatic carbocycles. The van der Waals surface area contributed by atoms with Crippen molar-refractivity contribution in [3.05, 3.63) is 60.2 Å². The first-order valence-electron chi connectivity index (χ1n) is 9.42. The molecule has 1 fully saturated rings. The topological polar surface area (TPSA) is 65.6 Å². The molecule has 1 saturated heterocycles. The number of thiocarbonyl (C=S) groups is 1. The summed E-state index contributed by atoms with van der Waals surface area (Å²) in [6, 6.07) is 17.9. The highest BCUT2D eigenvalue weighted by molar-refractivity contribution is 7.80. The zero-order valence-corrected chi connectivity index (χ0v) is 16.8. The standard InChI is InChI=1S/C21H26N4O2S/c1-27-19-10-6-5-9-18(19)22-21(28)24-23-20(26)17-11-13-25(14-12-17)15-16-7-3-2-4-8-16/h2-10,17H,11-15H2,1H3,(H,23,26)(H2,22,24,28). The monoisotopic (exact) mass is 398 g/mol. The van der Waals surface area contributed by atoms with Gasteiger partial charge in [0.05, 0.1) is 12.8 Å². The van der Waals surface area contributed by atoms with Crippen molar-refractivity contribution >= 4 is 28.9 Å². The number of hydrazine groups is 1. The predicted octanol–water partition coefficient (Wildman–Crippen LogP) is 2.93. The molecule has 7 heteroatoms. The lowest BCUT2D eigenvalue weighted by molar-refractivity contribution is -0.127. The Morgan fingerprint density at radius 3 is 2.46 bits per heavy atom. The maximum absolute atomic E-state index is 12.4. The molecule has 3 N–H and O–H groups in total. The van der Waals surface area contributed by atoms with Crippen LogP contribution in [0.1, 0.15) is 18.4 Å². The van der Waals surface area contributed by atoms with Crippen molar-refractivity contribution in [2.45, 2.75) is 19.4 Å². The van der Waals surface area contributed by atoms with Gasteiger partial charge in [-0.1, -0.05) is 42.5 Å². The summed E-state index contributed by atoms with van der Waals surface area (Å²) in [5.41, 5.74) is 7.55. The summed E-state index contributed by atoms with van der Waals surface area (Å²) < 4.78 is 5.28. The van der Waals surface area contributed by atoms with E-state index < -0.39 is 0 Å². The molecule has 2 aromatic rings. The molecule has 1 aliphatic heterocycles. The zero-order valence-electron chi connectivity index (χ0n) is 16.0. The van der Waals surface area contributed by atoms with E-state index >= 15 is 0 Å². The number of anilines is 1. The molecule has 0 radical (unpaired) electrons. The minimum absolute atomic E-state index is 0.00594. The number of carbonyl (C=O) groups is 1. The van der Waals surface area contributed by atoms with Crippen LogP contribution in [0.4, 0.5) is 5.69 Å². The summed E-state index contributed by atoms with van der Waals surface area (Å²) >= 11 is 5.25. The van der Waals surface area contributed by atoms with Crippen LogP contribution >= 0.6 is 12.2 Å². The number of hydrogen-bond donors (Lipinski definition) is 3. The number of nitrogens with one attached hydrogen (secondary N) is 3. The van der Waals surface area contributed by atoms with Crippen LogP contribution in [0.15, 0.2) is 54.6 Å². The van der Waals surface area contributed by atoms with Crippen molar-refractivity contribution in [2.75, 3.05) is 25.5 Å². The molecule has 28 heavy (non-hydrogen) atoms. The van der Waals surface area contributed by atoms with Crippen LogP contribution in [0.5, 0.6) is 5.75 Å². The van der Waals surface area contributed by atoms with E-state index in [4.69, 9.17) is 17.0 Å². The van der Waals surface area contributed by atoms with Crippen molar-refractivity contribution in [2.24, 2.45) is 5.92 Å². The number of nitrogens with zero attached hydrogens (tertiary/aromatic N) is 1. The molecular formula is C21H26N4O2S. The largest absolute Gasteiger partial charge is 0.495 e. The lowest BCUT2D eigenvalue weighted by Gasteiger charge is -2.31. The molecule has 0 bridgehead atoms. The Morgan fingerprint density at radius 2 is 1.75 bits per heavy atom. The molecule has 0 saturated carbocycles. The fourth-order valence-corrected chi connectivity index (χ4v) is 3.48. The van der Waals surface area contributed by atoms with Crippen LogP contribution in [0.2, 0.25) is 0 Å². The summed E-state index contributed by atoms with van der Waals surface area (Å²) in [6.07, 6.45) is 1.68. The molecule has 6 nitrogen and oxygen atoms in total. The van der Waals surface area contributed by atoms with E-state index in [0.29, 0.717) is 10.9 Å². The summed E-state index contributed by atoms with van der Waals surface area (Å²) in [5, 5.41) is 3.35. The number of ether oxygens (including phenoxy) is 1. The molecule has 1 heterocycles. The van der Waals surface area contributed by atoms with Crippen molar-refractivity contribution in [3.8, 4) is 5.75 Å². The molecule has 0 aliphatic carbocycles. The van der Waals surface area contributed by atoms with Gasteiger partial charge in [0.15, 0.2) is 5.11 Å². The van der Waals surface area contributed by atoms with Crippen LogP contribution in [0, 0.1) is 5.92 Å². The van der Waals surface area contributed by atoms with Gasteiger partial charge in [-0.3, -0.25) is 20.5 Å². The quantitative estimate of drug-likeness (QED) is 0.532. The third-order valence-electron chi connectivity index (χ3n) is 4.86. The first-order chi connectivity index (χ1) is 13.7. The number of benzene rings is 2. The molecule has 0 atom stereocenters. The normalized spacial score (nSPS) is 14.9. The second-order valence-electron chi connectivity index (χ2n) is 6.80. The summed E-state index contributed by atoms with van der Waals surface area (Å²) in [6.45, 7) is 2.76. The Hall–Kier alpha value is -2.64. The van der Waals surface area contributed by atoms with Gasteiger partial charge in [-0.2, -0.15) is 0 Å². The number of methoxy groups -OCH3 is 1. The van der Waals surface area contributed by atoms with E-state index in [1.807, 2.05) is 30.3 Å². The van der Waals surface area contributed by atoms with E-state index in [1.165, 1.54) is 5.56 Å². The lowest BCUT2D eigenvalue weighted by atomic mass is 9.96. The summed E-state index contributed by atoms with van der Waals surface area (Å²) in [7, 11) is 1.60. The predicted molar refractivity (Wildman–Crippen MR) is 115 cm³/mol. The second-order valence-corrected chi connectivity index (χ2v) is 7.21. The van der Waals surface area contributed by atoms with Crippen molar-refractivity contribution in [1.82, 2.24) is 15.8 Å².